The molecule has 0 spiro atoms. The van der Waals surface area contributed by atoms with Crippen LogP contribution >= 0.6 is 0 Å². The summed E-state index contributed by atoms with van der Waals surface area (Å²) in [5.74, 6) is -4.87. The largest absolute Gasteiger partial charge is 0.312 e. The van der Waals surface area contributed by atoms with Gasteiger partial charge in [0.05, 0.1) is 12.2 Å². The molecule has 0 radical (unpaired) electrons. The standard InChI is InChI=1S/C18H19F4N5O/c1-4-27-16(5-11(2)25-27)24-18(23-3)26(9-13(19)10-28)8-12-6-14(20)17(22)15(21)7-12/h5-7,9-10H,4,8H2,1-3H3,(H,23,24)/b13-9+. The van der Waals surface area contributed by atoms with Crippen LogP contribution < -0.4 is 5.32 Å². The predicted molar refractivity (Wildman–Crippen MR) is 96.7 cm³/mol. The van der Waals surface area contributed by atoms with Gasteiger partial charge < -0.3 is 10.2 Å². The summed E-state index contributed by atoms with van der Waals surface area (Å²) in [4.78, 5) is 15.9. The number of aliphatic imine (C=N–C) groups is 1. The number of benzene rings is 1. The number of aryl methyl sites for hydroxylation is 2. The van der Waals surface area contributed by atoms with Crippen molar-refractivity contribution < 1.29 is 22.4 Å². The molecular formula is C18H19F4N5O. The van der Waals surface area contributed by atoms with Crippen LogP contribution in [0.1, 0.15) is 18.2 Å². The first-order valence-corrected chi connectivity index (χ1v) is 8.29. The van der Waals surface area contributed by atoms with Crippen molar-refractivity contribution in [2.75, 3.05) is 12.4 Å². The maximum Gasteiger partial charge on any atom is 0.203 e. The molecule has 150 valence electrons. The van der Waals surface area contributed by atoms with E-state index in [0.29, 0.717) is 12.4 Å². The second-order valence-corrected chi connectivity index (χ2v) is 5.79. The molecule has 6 nitrogen and oxygen atoms in total. The van der Waals surface area contributed by atoms with Crippen LogP contribution in [0.25, 0.3) is 0 Å². The zero-order chi connectivity index (χ0) is 20.8. The number of allylic oxidation sites excluding steroid dienone is 1. The van der Waals surface area contributed by atoms with Crippen LogP contribution in [0.5, 0.6) is 0 Å². The number of aldehydes is 1. The monoisotopic (exact) mass is 397 g/mol. The van der Waals surface area contributed by atoms with Gasteiger partial charge in [0.15, 0.2) is 29.6 Å². The van der Waals surface area contributed by atoms with Crippen LogP contribution in [-0.2, 0) is 17.9 Å². The lowest BCUT2D eigenvalue weighted by Crippen LogP contribution is -2.33. The number of carbonyl (C=O) groups is 1. The lowest BCUT2D eigenvalue weighted by molar-refractivity contribution is -0.106. The third-order valence-corrected chi connectivity index (χ3v) is 3.71. The molecule has 1 N–H and O–H groups in total. The van der Waals surface area contributed by atoms with Gasteiger partial charge in [0.2, 0.25) is 5.96 Å². The Hall–Kier alpha value is -3.17. The van der Waals surface area contributed by atoms with E-state index in [-0.39, 0.29) is 24.4 Å². The van der Waals surface area contributed by atoms with Gasteiger partial charge in [-0.3, -0.25) is 9.79 Å². The zero-order valence-corrected chi connectivity index (χ0v) is 15.5. The number of guanidine groups is 1. The minimum Gasteiger partial charge on any atom is -0.312 e. The molecule has 0 aliphatic heterocycles. The van der Waals surface area contributed by atoms with Gasteiger partial charge in [-0.15, -0.1) is 0 Å². The summed E-state index contributed by atoms with van der Waals surface area (Å²) in [5, 5.41) is 7.21. The number of nitrogens with one attached hydrogen (secondary N) is 1. The number of hydrogen-bond donors (Lipinski definition) is 1. The van der Waals surface area contributed by atoms with Crippen LogP contribution in [0, 0.1) is 24.4 Å². The van der Waals surface area contributed by atoms with Crippen molar-refractivity contribution in [1.82, 2.24) is 14.7 Å². The highest BCUT2D eigenvalue weighted by Gasteiger charge is 2.17. The van der Waals surface area contributed by atoms with E-state index in [1.807, 2.05) is 6.92 Å². The maximum atomic E-state index is 13.6. The van der Waals surface area contributed by atoms with E-state index in [2.05, 4.69) is 15.4 Å². The first kappa shape index (κ1) is 21.1. The lowest BCUT2D eigenvalue weighted by atomic mass is 10.2. The molecule has 0 amide bonds. The summed E-state index contributed by atoms with van der Waals surface area (Å²) >= 11 is 0. The number of anilines is 1. The van der Waals surface area contributed by atoms with E-state index in [9.17, 15) is 22.4 Å². The Morgan fingerprint density at radius 2 is 1.93 bits per heavy atom. The van der Waals surface area contributed by atoms with Crippen LogP contribution in [0.15, 0.2) is 35.2 Å². The molecule has 0 atom stereocenters. The Morgan fingerprint density at radius 1 is 1.29 bits per heavy atom. The number of nitrogens with zero attached hydrogens (tertiary/aromatic N) is 4. The molecule has 1 aromatic carbocycles. The summed E-state index contributed by atoms with van der Waals surface area (Å²) in [6, 6.07) is 3.29. The summed E-state index contributed by atoms with van der Waals surface area (Å²) in [5.41, 5.74) is 0.734. The number of aromatic nitrogens is 2. The number of hydrogen-bond acceptors (Lipinski definition) is 3. The topological polar surface area (TPSA) is 62.5 Å². The Balaban J connectivity index is 2.39. The van der Waals surface area contributed by atoms with Crippen molar-refractivity contribution in [3.05, 3.63) is 58.9 Å². The molecular weight excluding hydrogens is 378 g/mol. The minimum atomic E-state index is -1.60. The number of rotatable bonds is 6. The van der Waals surface area contributed by atoms with E-state index in [1.54, 1.807) is 17.7 Å². The molecule has 1 heterocycles. The van der Waals surface area contributed by atoms with Gasteiger partial charge in [0.1, 0.15) is 5.82 Å². The maximum absolute atomic E-state index is 13.6. The average molecular weight is 397 g/mol. The minimum absolute atomic E-state index is 0.00878. The summed E-state index contributed by atoms with van der Waals surface area (Å²) in [6.07, 6.45) is 0.799. The van der Waals surface area contributed by atoms with Gasteiger partial charge in [-0.05, 0) is 31.5 Å². The third kappa shape index (κ3) is 4.96. The Labute approximate surface area is 159 Å². The molecule has 10 heteroatoms. The summed E-state index contributed by atoms with van der Waals surface area (Å²) in [7, 11) is 1.41. The van der Waals surface area contributed by atoms with E-state index in [1.165, 1.54) is 7.05 Å². The molecule has 0 unspecified atom stereocenters. The zero-order valence-electron chi connectivity index (χ0n) is 15.5. The van der Waals surface area contributed by atoms with E-state index in [0.717, 1.165) is 28.9 Å². The van der Waals surface area contributed by atoms with E-state index < -0.39 is 23.3 Å². The molecule has 0 saturated carbocycles. The fourth-order valence-corrected chi connectivity index (χ4v) is 2.51. The first-order chi connectivity index (χ1) is 13.3. The number of carbonyl (C=O) groups excluding carboxylic acids is 1. The number of halogens is 4. The molecule has 1 aromatic heterocycles. The molecule has 0 fully saturated rings. The molecule has 0 aliphatic rings. The molecule has 28 heavy (non-hydrogen) atoms. The van der Waals surface area contributed by atoms with E-state index in [4.69, 9.17) is 0 Å². The second-order valence-electron chi connectivity index (χ2n) is 5.79. The van der Waals surface area contributed by atoms with E-state index >= 15 is 0 Å². The first-order valence-electron chi connectivity index (χ1n) is 8.29. The van der Waals surface area contributed by atoms with Crippen LogP contribution in [0.2, 0.25) is 0 Å². The van der Waals surface area contributed by atoms with Crippen molar-refractivity contribution in [3.8, 4) is 0 Å². The van der Waals surface area contributed by atoms with Crippen molar-refractivity contribution in [1.29, 1.82) is 0 Å². The van der Waals surface area contributed by atoms with Gasteiger partial charge in [-0.2, -0.15) is 5.10 Å². The Morgan fingerprint density at radius 3 is 2.46 bits per heavy atom. The highest BCUT2D eigenvalue weighted by Crippen LogP contribution is 2.17. The molecule has 0 saturated heterocycles. The molecule has 2 rings (SSSR count). The summed E-state index contributed by atoms with van der Waals surface area (Å²) in [6.45, 7) is 3.91. The SMILES string of the molecule is CCn1nc(C)cc1NC(=NC)N(/C=C(/F)C=O)Cc1cc(F)c(F)c(F)c1. The fraction of sp³-hybridized carbons (Fsp3) is 0.278. The fourth-order valence-electron chi connectivity index (χ4n) is 2.51. The van der Waals surface area contributed by atoms with Gasteiger partial charge in [0.25, 0.3) is 0 Å². The summed E-state index contributed by atoms with van der Waals surface area (Å²) < 4.78 is 55.5. The van der Waals surface area contributed by atoms with Gasteiger partial charge in [-0.25, -0.2) is 22.2 Å². The lowest BCUT2D eigenvalue weighted by Gasteiger charge is -2.23. The van der Waals surface area contributed by atoms with Crippen molar-refractivity contribution >= 4 is 18.1 Å². The van der Waals surface area contributed by atoms with Crippen molar-refractivity contribution in [2.45, 2.75) is 26.9 Å². The second kappa shape index (κ2) is 9.16. The molecule has 0 aliphatic carbocycles. The van der Waals surface area contributed by atoms with Crippen LogP contribution in [0.3, 0.4) is 0 Å². The third-order valence-electron chi connectivity index (χ3n) is 3.71. The van der Waals surface area contributed by atoms with Crippen LogP contribution in [-0.4, -0.2) is 34.0 Å². The predicted octanol–water partition coefficient (Wildman–Crippen LogP) is 3.54. The van der Waals surface area contributed by atoms with Crippen molar-refractivity contribution in [3.63, 3.8) is 0 Å². The smallest absolute Gasteiger partial charge is 0.203 e. The molecule has 2 aromatic rings. The molecule has 0 bridgehead atoms. The highest BCUT2D eigenvalue weighted by molar-refractivity contribution is 5.94. The van der Waals surface area contributed by atoms with Gasteiger partial charge in [0, 0.05) is 25.9 Å². The van der Waals surface area contributed by atoms with Crippen LogP contribution in [0.4, 0.5) is 23.4 Å². The highest BCUT2D eigenvalue weighted by atomic mass is 19.2. The van der Waals surface area contributed by atoms with Gasteiger partial charge >= 0.3 is 0 Å². The Kier molecular flexibility index (Phi) is 6.91. The van der Waals surface area contributed by atoms with Gasteiger partial charge in [-0.1, -0.05) is 0 Å². The Bertz CT molecular complexity index is 900. The average Bonchev–Trinajstić information content (AvgIpc) is 3.02. The van der Waals surface area contributed by atoms with Crippen molar-refractivity contribution in [2.24, 2.45) is 4.99 Å². The quantitative estimate of drug-likeness (QED) is 0.202. The normalized spacial score (nSPS) is 12.2.